The zero-order valence-corrected chi connectivity index (χ0v) is 20.6. The molecule has 1 aliphatic heterocycles. The van der Waals surface area contributed by atoms with Gasteiger partial charge in [0.05, 0.1) is 31.8 Å². The first-order valence-corrected chi connectivity index (χ1v) is 12.4. The highest BCUT2D eigenvalue weighted by Gasteiger charge is 2.21. The van der Waals surface area contributed by atoms with Crippen molar-refractivity contribution in [3.63, 3.8) is 0 Å². The quantitative estimate of drug-likeness (QED) is 0.363. The van der Waals surface area contributed by atoms with Crippen molar-refractivity contribution < 1.29 is 9.47 Å². The maximum Gasteiger partial charge on any atom is 0.204 e. The van der Waals surface area contributed by atoms with Crippen molar-refractivity contribution in [2.75, 3.05) is 39.2 Å². The fourth-order valence-electron chi connectivity index (χ4n) is 4.92. The lowest BCUT2D eigenvalue weighted by Crippen LogP contribution is -2.40. The molecule has 0 spiro atoms. The number of fused-ring (bicyclic) bond motifs is 1. The molecule has 0 bridgehead atoms. The summed E-state index contributed by atoms with van der Waals surface area (Å²) in [5.41, 5.74) is 4.77. The van der Waals surface area contributed by atoms with Crippen LogP contribution in [-0.2, 0) is 13.0 Å². The Hall–Kier alpha value is -3.51. The highest BCUT2D eigenvalue weighted by molar-refractivity contribution is 5.78. The molecule has 2 heterocycles. The maximum absolute atomic E-state index is 5.45. The third kappa shape index (κ3) is 5.43. The van der Waals surface area contributed by atoms with Gasteiger partial charge in [-0.25, -0.2) is 4.98 Å². The van der Waals surface area contributed by atoms with E-state index in [1.807, 2.05) is 6.07 Å². The first-order chi connectivity index (χ1) is 17.2. The summed E-state index contributed by atoms with van der Waals surface area (Å²) in [7, 11) is 3.36. The minimum Gasteiger partial charge on any atom is -0.493 e. The molecule has 6 heteroatoms. The Kier molecular flexibility index (Phi) is 7.19. The number of hydrogen-bond acceptors (Lipinski definition) is 5. The molecular weight excluding hydrogens is 436 g/mol. The number of methoxy groups -OCH3 is 2. The summed E-state index contributed by atoms with van der Waals surface area (Å²) >= 11 is 0. The van der Waals surface area contributed by atoms with Gasteiger partial charge < -0.3 is 24.3 Å². The standard InChI is InChI=1S/C29H34N4O2/c1-34-27-13-12-22(20-28(27)35-2)14-17-32-18-15-24(16-19-32)30-29-31-25-10-6-7-11-26(25)33(29)21-23-8-4-3-5-9-23/h3-13,20,24H,14-19,21H2,1-2H3,(H,30,31). The van der Waals surface area contributed by atoms with Crippen LogP contribution in [0.25, 0.3) is 11.0 Å². The van der Waals surface area contributed by atoms with Crippen LogP contribution in [-0.4, -0.2) is 54.3 Å². The summed E-state index contributed by atoms with van der Waals surface area (Å²) in [6.07, 6.45) is 3.23. The van der Waals surface area contributed by atoms with Crippen LogP contribution in [0.15, 0.2) is 72.8 Å². The minimum atomic E-state index is 0.429. The molecule has 0 saturated carbocycles. The summed E-state index contributed by atoms with van der Waals surface area (Å²) in [6, 6.07) is 25.7. The van der Waals surface area contributed by atoms with Crippen molar-refractivity contribution in [1.29, 1.82) is 0 Å². The lowest BCUT2D eigenvalue weighted by atomic mass is 10.0. The molecule has 0 aliphatic carbocycles. The number of imidazole rings is 1. The van der Waals surface area contributed by atoms with Crippen LogP contribution in [0.4, 0.5) is 5.95 Å². The smallest absolute Gasteiger partial charge is 0.204 e. The van der Waals surface area contributed by atoms with Crippen molar-refractivity contribution in [3.8, 4) is 11.5 Å². The number of aromatic nitrogens is 2. The normalized spacial score (nSPS) is 14.8. The van der Waals surface area contributed by atoms with Gasteiger partial charge in [0.2, 0.25) is 5.95 Å². The zero-order chi connectivity index (χ0) is 24.0. The minimum absolute atomic E-state index is 0.429. The fourth-order valence-corrected chi connectivity index (χ4v) is 4.92. The van der Waals surface area contributed by atoms with E-state index >= 15 is 0 Å². The lowest BCUT2D eigenvalue weighted by Gasteiger charge is -2.32. The largest absolute Gasteiger partial charge is 0.493 e. The third-order valence-electron chi connectivity index (χ3n) is 6.92. The second-order valence-corrected chi connectivity index (χ2v) is 9.20. The summed E-state index contributed by atoms with van der Waals surface area (Å²) in [6.45, 7) is 4.04. The highest BCUT2D eigenvalue weighted by atomic mass is 16.5. The van der Waals surface area contributed by atoms with Crippen LogP contribution in [0, 0.1) is 0 Å². The predicted molar refractivity (Wildman–Crippen MR) is 142 cm³/mol. The zero-order valence-electron chi connectivity index (χ0n) is 20.6. The Morgan fingerprint density at radius 2 is 1.60 bits per heavy atom. The monoisotopic (exact) mass is 470 g/mol. The van der Waals surface area contributed by atoms with Gasteiger partial charge in [-0.05, 0) is 54.7 Å². The maximum atomic E-state index is 5.45. The second-order valence-electron chi connectivity index (χ2n) is 9.20. The van der Waals surface area contributed by atoms with Crippen LogP contribution < -0.4 is 14.8 Å². The average molecular weight is 471 g/mol. The summed E-state index contributed by atoms with van der Waals surface area (Å²) in [5, 5.41) is 3.78. The first kappa shape index (κ1) is 23.2. The van der Waals surface area contributed by atoms with Crippen LogP contribution >= 0.6 is 0 Å². The summed E-state index contributed by atoms with van der Waals surface area (Å²) in [5.74, 6) is 2.55. The van der Waals surface area contributed by atoms with Crippen LogP contribution in [0.3, 0.4) is 0 Å². The van der Waals surface area contributed by atoms with Crippen molar-refractivity contribution in [2.45, 2.75) is 31.8 Å². The van der Waals surface area contributed by atoms with Gasteiger partial charge in [-0.15, -0.1) is 0 Å². The van der Waals surface area contributed by atoms with E-state index in [1.54, 1.807) is 14.2 Å². The number of likely N-dealkylation sites (tertiary alicyclic amines) is 1. The lowest BCUT2D eigenvalue weighted by molar-refractivity contribution is 0.221. The Labute approximate surface area is 207 Å². The third-order valence-corrected chi connectivity index (χ3v) is 6.92. The number of ether oxygens (including phenoxy) is 2. The number of anilines is 1. The predicted octanol–water partition coefficient (Wildman–Crippen LogP) is 5.22. The molecule has 1 aliphatic rings. The number of piperidine rings is 1. The topological polar surface area (TPSA) is 51.5 Å². The Morgan fingerprint density at radius 1 is 0.857 bits per heavy atom. The fraction of sp³-hybridized carbons (Fsp3) is 0.345. The van der Waals surface area contributed by atoms with Crippen molar-refractivity contribution in [3.05, 3.63) is 83.9 Å². The molecule has 35 heavy (non-hydrogen) atoms. The molecule has 182 valence electrons. The van der Waals surface area contributed by atoms with Gasteiger partial charge in [0.25, 0.3) is 0 Å². The molecule has 0 radical (unpaired) electrons. The van der Waals surface area contributed by atoms with Gasteiger partial charge in [0.1, 0.15) is 0 Å². The summed E-state index contributed by atoms with van der Waals surface area (Å²) in [4.78, 5) is 7.50. The van der Waals surface area contributed by atoms with E-state index in [0.29, 0.717) is 6.04 Å². The number of para-hydroxylation sites is 2. The molecule has 1 saturated heterocycles. The van der Waals surface area contributed by atoms with E-state index in [2.05, 4.69) is 81.5 Å². The number of rotatable bonds is 9. The van der Waals surface area contributed by atoms with E-state index in [1.165, 1.54) is 16.6 Å². The van der Waals surface area contributed by atoms with Crippen LogP contribution in [0.1, 0.15) is 24.0 Å². The molecular formula is C29H34N4O2. The molecule has 6 nitrogen and oxygen atoms in total. The van der Waals surface area contributed by atoms with Gasteiger partial charge >= 0.3 is 0 Å². The Balaban J connectivity index is 1.20. The highest BCUT2D eigenvalue weighted by Crippen LogP contribution is 2.28. The van der Waals surface area contributed by atoms with Gasteiger partial charge in [-0.3, -0.25) is 0 Å². The average Bonchev–Trinajstić information content (AvgIpc) is 3.25. The van der Waals surface area contributed by atoms with E-state index in [9.17, 15) is 0 Å². The van der Waals surface area contributed by atoms with E-state index in [-0.39, 0.29) is 0 Å². The number of nitrogens with one attached hydrogen (secondary N) is 1. The molecule has 0 atom stereocenters. The molecule has 0 amide bonds. The Bertz CT molecular complexity index is 1250. The number of benzene rings is 3. The van der Waals surface area contributed by atoms with Crippen molar-refractivity contribution in [2.24, 2.45) is 0 Å². The Morgan fingerprint density at radius 3 is 2.37 bits per heavy atom. The SMILES string of the molecule is COc1ccc(CCN2CCC(Nc3nc4ccccc4n3Cc3ccccc3)CC2)cc1OC. The van der Waals surface area contributed by atoms with Gasteiger partial charge in [0.15, 0.2) is 11.5 Å². The second kappa shape index (κ2) is 10.8. The van der Waals surface area contributed by atoms with Crippen LogP contribution in [0.5, 0.6) is 11.5 Å². The number of hydrogen-bond donors (Lipinski definition) is 1. The van der Waals surface area contributed by atoms with Crippen molar-refractivity contribution in [1.82, 2.24) is 14.5 Å². The van der Waals surface area contributed by atoms with Crippen LogP contribution in [0.2, 0.25) is 0 Å². The summed E-state index contributed by atoms with van der Waals surface area (Å²) < 4.78 is 13.1. The molecule has 0 unspecified atom stereocenters. The van der Waals surface area contributed by atoms with Gasteiger partial charge in [0, 0.05) is 25.7 Å². The first-order valence-electron chi connectivity index (χ1n) is 12.4. The van der Waals surface area contributed by atoms with Crippen molar-refractivity contribution >= 4 is 17.0 Å². The molecule has 5 rings (SSSR count). The van der Waals surface area contributed by atoms with E-state index in [0.717, 1.165) is 68.4 Å². The number of nitrogens with zero attached hydrogens (tertiary/aromatic N) is 3. The molecule has 1 aromatic heterocycles. The molecule has 1 N–H and O–H groups in total. The van der Waals surface area contributed by atoms with E-state index in [4.69, 9.17) is 14.5 Å². The molecule has 4 aromatic rings. The van der Waals surface area contributed by atoms with Gasteiger partial charge in [-0.2, -0.15) is 0 Å². The molecule has 3 aromatic carbocycles. The van der Waals surface area contributed by atoms with Gasteiger partial charge in [-0.1, -0.05) is 48.5 Å². The molecule has 1 fully saturated rings. The van der Waals surface area contributed by atoms with E-state index < -0.39 is 0 Å².